The molecule has 0 bridgehead atoms. The van der Waals surface area contributed by atoms with E-state index >= 15 is 0 Å². The predicted molar refractivity (Wildman–Crippen MR) is 115 cm³/mol. The molecule has 1 atom stereocenters. The van der Waals surface area contributed by atoms with E-state index in [2.05, 4.69) is 15.6 Å². The second kappa shape index (κ2) is 9.56. The zero-order chi connectivity index (χ0) is 23.5. The van der Waals surface area contributed by atoms with E-state index in [0.29, 0.717) is 12.2 Å². The monoisotopic (exact) mass is 507 g/mol. The van der Waals surface area contributed by atoms with Gasteiger partial charge >= 0.3 is 6.18 Å². The Morgan fingerprint density at radius 3 is 2.44 bits per heavy atom. The molecule has 1 N–H and O–H groups in total. The summed E-state index contributed by atoms with van der Waals surface area (Å²) in [5, 5.41) is 9.22. The number of benzene rings is 2. The lowest BCUT2D eigenvalue weighted by molar-refractivity contribution is -0.275. The lowest BCUT2D eigenvalue weighted by atomic mass is 9.86. The third kappa shape index (κ3) is 4.79. The van der Waals surface area contributed by atoms with E-state index in [0.717, 1.165) is 18.5 Å². The fourth-order valence-electron chi connectivity index (χ4n) is 2.94. The lowest BCUT2D eigenvalue weighted by Gasteiger charge is -2.30. The Balaban J connectivity index is 1.84. The van der Waals surface area contributed by atoms with Gasteiger partial charge in [-0.05, 0) is 36.8 Å². The van der Waals surface area contributed by atoms with Crippen molar-refractivity contribution in [3.8, 4) is 0 Å². The standard InChI is InChI=1S/C20H15Cl3F3N3O3/c1-2-31-28-10-27-18(30)12-5-3-11(4-6-12)16-9-19(32-29-16,20(24,25)26)13-7-14(21)17(23)15(22)8-13/h3-8,10H,2,9H2,1H3,(H,27,28,30). The highest BCUT2D eigenvalue weighted by Crippen LogP contribution is 2.50. The second-order valence-electron chi connectivity index (χ2n) is 6.59. The molecular weight excluding hydrogens is 494 g/mol. The van der Waals surface area contributed by atoms with Gasteiger partial charge in [-0.3, -0.25) is 4.79 Å². The van der Waals surface area contributed by atoms with Crippen LogP contribution in [0, 0.1) is 0 Å². The van der Waals surface area contributed by atoms with Crippen LogP contribution < -0.4 is 5.32 Å². The highest BCUT2D eigenvalue weighted by molar-refractivity contribution is 6.48. The van der Waals surface area contributed by atoms with Gasteiger partial charge in [0.2, 0.25) is 0 Å². The van der Waals surface area contributed by atoms with Gasteiger partial charge in [-0.25, -0.2) is 0 Å². The normalized spacial score (nSPS) is 18.4. The Morgan fingerprint density at radius 2 is 1.88 bits per heavy atom. The Hall–Kier alpha value is -2.49. The first-order chi connectivity index (χ1) is 15.1. The number of rotatable bonds is 6. The van der Waals surface area contributed by atoms with Crippen LogP contribution in [-0.2, 0) is 15.3 Å². The minimum absolute atomic E-state index is 0.0365. The van der Waals surface area contributed by atoms with Crippen molar-refractivity contribution < 1.29 is 27.6 Å². The Kier molecular flexibility index (Phi) is 7.22. The summed E-state index contributed by atoms with van der Waals surface area (Å²) in [6.07, 6.45) is -4.37. The van der Waals surface area contributed by atoms with E-state index in [1.54, 1.807) is 6.92 Å². The average molecular weight is 509 g/mol. The summed E-state index contributed by atoms with van der Waals surface area (Å²) >= 11 is 17.7. The van der Waals surface area contributed by atoms with Gasteiger partial charge in [-0.2, -0.15) is 13.2 Å². The molecular formula is C20H15Cl3F3N3O3. The first kappa shape index (κ1) is 24.2. The fourth-order valence-corrected chi connectivity index (χ4v) is 3.54. The summed E-state index contributed by atoms with van der Waals surface area (Å²) in [6.45, 7) is 2.08. The minimum Gasteiger partial charge on any atom is -0.395 e. The van der Waals surface area contributed by atoms with Crippen LogP contribution in [-0.4, -0.2) is 30.7 Å². The van der Waals surface area contributed by atoms with Crippen molar-refractivity contribution in [3.63, 3.8) is 0 Å². The molecule has 1 aliphatic rings. The van der Waals surface area contributed by atoms with E-state index in [1.165, 1.54) is 24.3 Å². The number of carbonyl (C=O) groups excluding carboxylic acids is 1. The molecule has 170 valence electrons. The summed E-state index contributed by atoms with van der Waals surface area (Å²) < 4.78 is 42.3. The maximum Gasteiger partial charge on any atom is 0.435 e. The Morgan fingerprint density at radius 1 is 1.25 bits per heavy atom. The molecule has 0 saturated carbocycles. The molecule has 0 aromatic heterocycles. The maximum atomic E-state index is 14.1. The van der Waals surface area contributed by atoms with Gasteiger partial charge in [0.25, 0.3) is 11.5 Å². The molecule has 2 aromatic rings. The molecule has 1 aliphatic heterocycles. The van der Waals surface area contributed by atoms with Gasteiger partial charge in [-0.1, -0.05) is 57.2 Å². The molecule has 6 nitrogen and oxygen atoms in total. The molecule has 3 rings (SSSR count). The first-order valence-corrected chi connectivity index (χ1v) is 10.2. The predicted octanol–water partition coefficient (Wildman–Crippen LogP) is 5.94. The smallest absolute Gasteiger partial charge is 0.395 e. The van der Waals surface area contributed by atoms with Crippen molar-refractivity contribution in [1.29, 1.82) is 0 Å². The summed E-state index contributed by atoms with van der Waals surface area (Å²) in [7, 11) is 0. The number of nitrogens with one attached hydrogen (secondary N) is 1. The molecule has 1 heterocycles. The third-order valence-corrected chi connectivity index (χ3v) is 5.77. The van der Waals surface area contributed by atoms with Crippen LogP contribution in [0.4, 0.5) is 13.2 Å². The van der Waals surface area contributed by atoms with Crippen LogP contribution in [0.2, 0.25) is 15.1 Å². The molecule has 0 aliphatic carbocycles. The topological polar surface area (TPSA) is 72.3 Å². The van der Waals surface area contributed by atoms with Crippen molar-refractivity contribution >= 4 is 52.8 Å². The summed E-state index contributed by atoms with van der Waals surface area (Å²) in [4.78, 5) is 21.7. The largest absolute Gasteiger partial charge is 0.435 e. The van der Waals surface area contributed by atoms with Crippen molar-refractivity contribution in [2.45, 2.75) is 25.1 Å². The summed E-state index contributed by atoms with van der Waals surface area (Å²) in [5.41, 5.74) is -2.47. The van der Waals surface area contributed by atoms with Gasteiger partial charge in [0, 0.05) is 17.5 Å². The number of carbonyl (C=O) groups is 1. The van der Waals surface area contributed by atoms with Crippen molar-refractivity contribution in [1.82, 2.24) is 5.32 Å². The molecule has 0 spiro atoms. The highest BCUT2D eigenvalue weighted by atomic mass is 35.5. The van der Waals surface area contributed by atoms with E-state index in [1.807, 2.05) is 0 Å². The van der Waals surface area contributed by atoms with Crippen LogP contribution in [0.15, 0.2) is 46.7 Å². The zero-order valence-electron chi connectivity index (χ0n) is 16.3. The summed E-state index contributed by atoms with van der Waals surface area (Å²) in [5.74, 6) is -0.472. The number of oxime groups is 2. The number of amides is 1. The minimum atomic E-state index is -4.83. The van der Waals surface area contributed by atoms with Gasteiger partial charge in [0.1, 0.15) is 12.9 Å². The second-order valence-corrected chi connectivity index (χ2v) is 7.78. The van der Waals surface area contributed by atoms with E-state index in [-0.39, 0.29) is 31.9 Å². The highest BCUT2D eigenvalue weighted by Gasteiger charge is 2.62. The molecule has 2 aromatic carbocycles. The van der Waals surface area contributed by atoms with Crippen LogP contribution >= 0.6 is 34.8 Å². The molecule has 1 amide bonds. The van der Waals surface area contributed by atoms with Gasteiger partial charge in [0.05, 0.1) is 20.8 Å². The number of alkyl halides is 3. The molecule has 1 unspecified atom stereocenters. The van der Waals surface area contributed by atoms with Crippen LogP contribution in [0.25, 0.3) is 0 Å². The quantitative estimate of drug-likeness (QED) is 0.227. The number of halogens is 6. The van der Waals surface area contributed by atoms with Crippen LogP contribution in [0.3, 0.4) is 0 Å². The number of hydrogen-bond acceptors (Lipinski definition) is 5. The SMILES string of the molecule is CCO/N=C\NC(=O)c1ccc(C2=NOC(c3cc(Cl)c(Cl)c(Cl)c3)(C(F)(F)F)C2)cc1. The Labute approximate surface area is 195 Å². The molecule has 0 radical (unpaired) electrons. The van der Waals surface area contributed by atoms with Crippen LogP contribution in [0.1, 0.15) is 34.8 Å². The molecule has 0 saturated heterocycles. The average Bonchev–Trinajstić information content (AvgIpc) is 3.22. The number of nitrogens with zero attached hydrogens (tertiary/aromatic N) is 2. The van der Waals surface area contributed by atoms with Gasteiger partial charge < -0.3 is 15.0 Å². The maximum absolute atomic E-state index is 14.1. The lowest BCUT2D eigenvalue weighted by Crippen LogP contribution is -2.42. The number of hydrogen-bond donors (Lipinski definition) is 1. The zero-order valence-corrected chi connectivity index (χ0v) is 18.6. The van der Waals surface area contributed by atoms with Crippen molar-refractivity contribution in [2.75, 3.05) is 6.61 Å². The van der Waals surface area contributed by atoms with Gasteiger partial charge in [0.15, 0.2) is 0 Å². The molecule has 0 fully saturated rings. The van der Waals surface area contributed by atoms with Crippen molar-refractivity contribution in [3.05, 3.63) is 68.2 Å². The molecule has 32 heavy (non-hydrogen) atoms. The third-order valence-electron chi connectivity index (χ3n) is 4.57. The van der Waals surface area contributed by atoms with E-state index in [9.17, 15) is 18.0 Å². The van der Waals surface area contributed by atoms with Gasteiger partial charge in [-0.15, -0.1) is 0 Å². The van der Waals surface area contributed by atoms with Crippen molar-refractivity contribution in [2.24, 2.45) is 10.3 Å². The summed E-state index contributed by atoms with van der Waals surface area (Å²) in [6, 6.07) is 7.91. The Bertz CT molecular complexity index is 1050. The molecule has 12 heteroatoms. The first-order valence-electron chi connectivity index (χ1n) is 9.11. The fraction of sp³-hybridized carbons (Fsp3) is 0.250. The van der Waals surface area contributed by atoms with E-state index < -0.39 is 24.1 Å². The van der Waals surface area contributed by atoms with Crippen LogP contribution in [0.5, 0.6) is 0 Å². The van der Waals surface area contributed by atoms with E-state index in [4.69, 9.17) is 44.5 Å².